The van der Waals surface area contributed by atoms with Gasteiger partial charge in [0.25, 0.3) is 0 Å². The molecule has 0 radical (unpaired) electrons. The first-order valence-corrected chi connectivity index (χ1v) is 9.44. The molecule has 0 bridgehead atoms. The smallest absolute Gasteiger partial charge is 0.305 e. The highest BCUT2D eigenvalue weighted by Gasteiger charge is 2.28. The zero-order valence-corrected chi connectivity index (χ0v) is 14.1. The summed E-state index contributed by atoms with van der Waals surface area (Å²) in [5.74, 6) is -0.843. The third kappa shape index (κ3) is 5.89. The van der Waals surface area contributed by atoms with Gasteiger partial charge in [0.1, 0.15) is 0 Å². The van der Waals surface area contributed by atoms with Crippen molar-refractivity contribution in [3.05, 3.63) is 24.3 Å². The molecule has 0 atom stereocenters. The largest absolute Gasteiger partial charge is 0.481 e. The molecule has 1 aromatic carbocycles. The van der Waals surface area contributed by atoms with E-state index >= 15 is 0 Å². The van der Waals surface area contributed by atoms with Crippen molar-refractivity contribution in [1.82, 2.24) is 0 Å². The van der Waals surface area contributed by atoms with Crippen molar-refractivity contribution >= 4 is 27.4 Å². The molecule has 0 unspecified atom stereocenters. The molecule has 0 aromatic heterocycles. The van der Waals surface area contributed by atoms with E-state index in [0.29, 0.717) is 37.9 Å². The minimum absolute atomic E-state index is 0.0244. The van der Waals surface area contributed by atoms with Crippen molar-refractivity contribution in [2.75, 3.05) is 11.9 Å². The summed E-state index contributed by atoms with van der Waals surface area (Å²) >= 11 is 0. The summed E-state index contributed by atoms with van der Waals surface area (Å²) in [5, 5.41) is 24.8. The molecule has 8 nitrogen and oxygen atoms in total. The number of benzene rings is 1. The molecule has 0 amide bonds. The number of anilines is 1. The standard InChI is InChI=1S/C15H22N4O4S/c16-24(22,23)14-7-5-13(6-8-14)19-18-12-3-1-11(2-4-12)17-10-9-15(20)21/h1-4,13-14,17H,5-10H2,(H,20,21)(H2,16,22,23)/b19-18+. The second-order valence-corrected chi connectivity index (χ2v) is 7.70. The van der Waals surface area contributed by atoms with Crippen LogP contribution in [0.1, 0.15) is 32.1 Å². The molecule has 1 aliphatic carbocycles. The van der Waals surface area contributed by atoms with Gasteiger partial charge in [0.05, 0.1) is 23.4 Å². The number of sulfonamides is 1. The number of hydrogen-bond acceptors (Lipinski definition) is 6. The van der Waals surface area contributed by atoms with Crippen molar-refractivity contribution in [3.8, 4) is 0 Å². The third-order valence-corrected chi connectivity index (χ3v) is 5.38. The summed E-state index contributed by atoms with van der Waals surface area (Å²) in [6.07, 6.45) is 2.44. The summed E-state index contributed by atoms with van der Waals surface area (Å²) in [4.78, 5) is 10.4. The van der Waals surface area contributed by atoms with Gasteiger partial charge in [0, 0.05) is 12.2 Å². The first-order chi connectivity index (χ1) is 11.3. The topological polar surface area (TPSA) is 134 Å². The Labute approximate surface area is 141 Å². The van der Waals surface area contributed by atoms with Gasteiger partial charge in [-0.2, -0.15) is 10.2 Å². The molecule has 9 heteroatoms. The molecule has 0 heterocycles. The number of carboxylic acid groups (broad SMARTS) is 1. The quantitative estimate of drug-likeness (QED) is 0.646. The number of rotatable bonds is 7. The lowest BCUT2D eigenvalue weighted by molar-refractivity contribution is -0.136. The van der Waals surface area contributed by atoms with Crippen LogP contribution in [0.2, 0.25) is 0 Å². The van der Waals surface area contributed by atoms with Crippen LogP contribution in [-0.4, -0.2) is 37.3 Å². The van der Waals surface area contributed by atoms with E-state index in [-0.39, 0.29) is 12.5 Å². The van der Waals surface area contributed by atoms with Crippen LogP contribution in [-0.2, 0) is 14.8 Å². The highest BCUT2D eigenvalue weighted by Crippen LogP contribution is 2.26. The van der Waals surface area contributed by atoms with Crippen molar-refractivity contribution < 1.29 is 18.3 Å². The number of nitrogens with two attached hydrogens (primary N) is 1. The predicted molar refractivity (Wildman–Crippen MR) is 90.9 cm³/mol. The van der Waals surface area contributed by atoms with E-state index in [1.54, 1.807) is 12.1 Å². The number of hydrogen-bond donors (Lipinski definition) is 3. The average Bonchev–Trinajstić information content (AvgIpc) is 2.53. The van der Waals surface area contributed by atoms with Gasteiger partial charge in [-0.1, -0.05) is 0 Å². The number of nitrogens with one attached hydrogen (secondary N) is 1. The molecule has 1 aliphatic rings. The fourth-order valence-corrected chi connectivity index (χ4v) is 3.53. The second-order valence-electron chi connectivity index (χ2n) is 5.85. The van der Waals surface area contributed by atoms with Crippen LogP contribution >= 0.6 is 0 Å². The van der Waals surface area contributed by atoms with E-state index in [9.17, 15) is 13.2 Å². The summed E-state index contributed by atoms with van der Waals surface area (Å²) in [7, 11) is -3.45. The van der Waals surface area contributed by atoms with Gasteiger partial charge in [-0.3, -0.25) is 4.79 Å². The van der Waals surface area contributed by atoms with E-state index in [2.05, 4.69) is 15.5 Å². The van der Waals surface area contributed by atoms with Gasteiger partial charge < -0.3 is 10.4 Å². The molecule has 1 aromatic rings. The summed E-state index contributed by atoms with van der Waals surface area (Å²) < 4.78 is 22.6. The molecule has 2 rings (SSSR count). The lowest BCUT2D eigenvalue weighted by Gasteiger charge is -2.23. The Kier molecular flexibility index (Phi) is 6.27. The highest BCUT2D eigenvalue weighted by atomic mass is 32.2. The van der Waals surface area contributed by atoms with Crippen molar-refractivity contribution in [2.45, 2.75) is 43.4 Å². The van der Waals surface area contributed by atoms with Gasteiger partial charge in [-0.05, 0) is 49.9 Å². The summed E-state index contributed by atoms with van der Waals surface area (Å²) in [5.41, 5.74) is 1.52. The highest BCUT2D eigenvalue weighted by molar-refractivity contribution is 7.89. The van der Waals surface area contributed by atoms with Gasteiger partial charge in [0.2, 0.25) is 10.0 Å². The Morgan fingerprint density at radius 3 is 2.38 bits per heavy atom. The van der Waals surface area contributed by atoms with Gasteiger partial charge in [0.15, 0.2) is 0 Å². The maximum absolute atomic E-state index is 11.3. The van der Waals surface area contributed by atoms with E-state index in [4.69, 9.17) is 10.2 Å². The summed E-state index contributed by atoms with van der Waals surface area (Å²) in [6, 6.07) is 7.24. The predicted octanol–water partition coefficient (Wildman–Crippen LogP) is 2.26. The van der Waals surface area contributed by atoms with Crippen molar-refractivity contribution in [2.24, 2.45) is 15.4 Å². The maximum atomic E-state index is 11.3. The third-order valence-electron chi connectivity index (χ3n) is 3.98. The number of primary sulfonamides is 1. The van der Waals surface area contributed by atoms with Crippen LogP contribution in [0.15, 0.2) is 34.5 Å². The molecular weight excluding hydrogens is 332 g/mol. The molecule has 24 heavy (non-hydrogen) atoms. The average molecular weight is 354 g/mol. The first-order valence-electron chi connectivity index (χ1n) is 7.83. The van der Waals surface area contributed by atoms with Crippen molar-refractivity contribution in [3.63, 3.8) is 0 Å². The number of azo groups is 1. The second kappa shape index (κ2) is 8.20. The zero-order chi connectivity index (χ0) is 17.6. The lowest BCUT2D eigenvalue weighted by Crippen LogP contribution is -2.33. The Morgan fingerprint density at radius 2 is 1.83 bits per heavy atom. The van der Waals surface area contributed by atoms with Gasteiger partial charge >= 0.3 is 5.97 Å². The van der Waals surface area contributed by atoms with Crippen LogP contribution in [0.25, 0.3) is 0 Å². The lowest BCUT2D eigenvalue weighted by atomic mass is 9.96. The van der Waals surface area contributed by atoms with Crippen LogP contribution in [0.3, 0.4) is 0 Å². The number of carboxylic acids is 1. The zero-order valence-electron chi connectivity index (χ0n) is 13.3. The Bertz CT molecular complexity index is 680. The molecule has 0 saturated heterocycles. The van der Waals surface area contributed by atoms with Crippen LogP contribution in [0.4, 0.5) is 11.4 Å². The molecule has 132 valence electrons. The van der Waals surface area contributed by atoms with Gasteiger partial charge in [-0.25, -0.2) is 13.6 Å². The SMILES string of the molecule is NS(=O)(=O)C1CCC(/N=N/c2ccc(NCCC(=O)O)cc2)CC1. The van der Waals surface area contributed by atoms with Crippen molar-refractivity contribution in [1.29, 1.82) is 0 Å². The maximum Gasteiger partial charge on any atom is 0.305 e. The minimum Gasteiger partial charge on any atom is -0.481 e. The number of nitrogens with zero attached hydrogens (tertiary/aromatic N) is 2. The van der Waals surface area contributed by atoms with Crippen LogP contribution < -0.4 is 10.5 Å². The summed E-state index contributed by atoms with van der Waals surface area (Å²) in [6.45, 7) is 0.365. The number of aliphatic carboxylic acids is 1. The fraction of sp³-hybridized carbons (Fsp3) is 0.533. The Morgan fingerprint density at radius 1 is 1.21 bits per heavy atom. The van der Waals surface area contributed by atoms with Gasteiger partial charge in [-0.15, -0.1) is 0 Å². The molecule has 1 fully saturated rings. The van der Waals surface area contributed by atoms with E-state index < -0.39 is 21.2 Å². The number of carbonyl (C=O) groups is 1. The van der Waals surface area contributed by atoms with E-state index in [0.717, 1.165) is 5.69 Å². The minimum atomic E-state index is -3.45. The molecule has 1 saturated carbocycles. The normalized spacial score (nSPS) is 21.7. The molecule has 0 spiro atoms. The monoisotopic (exact) mass is 354 g/mol. The molecule has 0 aliphatic heterocycles. The first kappa shape index (κ1) is 18.3. The Balaban J connectivity index is 1.81. The van der Waals surface area contributed by atoms with E-state index in [1.165, 1.54) is 0 Å². The Hall–Kier alpha value is -2.00. The molecule has 4 N–H and O–H groups in total. The van der Waals surface area contributed by atoms with Crippen LogP contribution in [0, 0.1) is 0 Å². The molecular formula is C15H22N4O4S. The van der Waals surface area contributed by atoms with Crippen LogP contribution in [0.5, 0.6) is 0 Å². The fourth-order valence-electron chi connectivity index (χ4n) is 2.60. The van der Waals surface area contributed by atoms with E-state index in [1.807, 2.05) is 12.1 Å².